The van der Waals surface area contributed by atoms with Gasteiger partial charge in [-0.2, -0.15) is 0 Å². The maximum absolute atomic E-state index is 12.0. The van der Waals surface area contributed by atoms with E-state index in [4.69, 9.17) is 0 Å². The molecule has 0 radical (unpaired) electrons. The van der Waals surface area contributed by atoms with Gasteiger partial charge in [-0.3, -0.25) is 14.9 Å². The molecule has 0 aliphatic rings. The number of hydrogen-bond donors (Lipinski definition) is 1. The lowest BCUT2D eigenvalue weighted by Crippen LogP contribution is -2.49. The first-order chi connectivity index (χ1) is 8.33. The number of aryl methyl sites for hydroxylation is 1. The van der Waals surface area contributed by atoms with Crippen LogP contribution in [-0.4, -0.2) is 31.6 Å². The zero-order valence-electron chi connectivity index (χ0n) is 9.94. The molecule has 1 rings (SSSR count). The van der Waals surface area contributed by atoms with Crippen LogP contribution in [0.4, 0.5) is 5.69 Å². The third kappa shape index (κ3) is 3.32. The van der Waals surface area contributed by atoms with Crippen molar-refractivity contribution in [2.75, 3.05) is 10.7 Å². The summed E-state index contributed by atoms with van der Waals surface area (Å²) in [6.07, 6.45) is 1.31. The van der Waals surface area contributed by atoms with Gasteiger partial charge in [0.15, 0.2) is 0 Å². The molecule has 1 aromatic heterocycles. The molecule has 1 heterocycles. The molecule has 0 aliphatic heterocycles. The van der Waals surface area contributed by atoms with Crippen LogP contribution in [0.1, 0.15) is 17.4 Å². The van der Waals surface area contributed by atoms with Gasteiger partial charge in [0.25, 0.3) is 11.6 Å². The predicted molar refractivity (Wildman–Crippen MR) is 75.5 cm³/mol. The number of nitro groups is 1. The Balaban J connectivity index is 2.94. The Morgan fingerprint density at radius 1 is 1.56 bits per heavy atom. The highest BCUT2D eigenvalue weighted by Crippen LogP contribution is 2.17. The number of nitrogens with one attached hydrogen (secondary N) is 1. The lowest BCUT2D eigenvalue weighted by Gasteiger charge is -2.26. The van der Waals surface area contributed by atoms with Crippen LogP contribution in [0.2, 0.25) is 0 Å². The molecule has 1 N–H and O–H groups in total. The molecule has 0 saturated carbocycles. The summed E-state index contributed by atoms with van der Waals surface area (Å²) in [4.78, 5) is 22.1. The SMILES string of the molecule is Cn1cc([N+](=O)[O-])cc1C(=O)NC(C)(CBr)CBr. The van der Waals surface area contributed by atoms with Gasteiger partial charge in [0, 0.05) is 23.8 Å². The monoisotopic (exact) mass is 381 g/mol. The van der Waals surface area contributed by atoms with Gasteiger partial charge in [-0.15, -0.1) is 0 Å². The lowest BCUT2D eigenvalue weighted by molar-refractivity contribution is -0.384. The van der Waals surface area contributed by atoms with Gasteiger partial charge in [-0.1, -0.05) is 31.9 Å². The van der Waals surface area contributed by atoms with Crippen LogP contribution >= 0.6 is 31.9 Å². The summed E-state index contributed by atoms with van der Waals surface area (Å²) in [7, 11) is 1.60. The maximum Gasteiger partial charge on any atom is 0.287 e. The molecule has 8 heteroatoms. The Morgan fingerprint density at radius 2 is 2.11 bits per heavy atom. The van der Waals surface area contributed by atoms with Gasteiger partial charge in [0.1, 0.15) is 5.69 Å². The van der Waals surface area contributed by atoms with Crippen molar-refractivity contribution < 1.29 is 9.72 Å². The van der Waals surface area contributed by atoms with E-state index in [2.05, 4.69) is 37.2 Å². The summed E-state index contributed by atoms with van der Waals surface area (Å²) >= 11 is 6.64. The maximum atomic E-state index is 12.0. The molecule has 0 fully saturated rings. The van der Waals surface area contributed by atoms with E-state index in [9.17, 15) is 14.9 Å². The van der Waals surface area contributed by atoms with E-state index >= 15 is 0 Å². The highest BCUT2D eigenvalue weighted by Gasteiger charge is 2.26. The molecule has 6 nitrogen and oxygen atoms in total. The first kappa shape index (κ1) is 15.2. The second-order valence-electron chi connectivity index (χ2n) is 4.23. The number of nitrogens with zero attached hydrogens (tertiary/aromatic N) is 2. The fourth-order valence-electron chi connectivity index (χ4n) is 1.31. The second kappa shape index (κ2) is 5.83. The molecule has 0 bridgehead atoms. The van der Waals surface area contributed by atoms with Gasteiger partial charge in [0.05, 0.1) is 16.7 Å². The van der Waals surface area contributed by atoms with Crippen LogP contribution in [0.3, 0.4) is 0 Å². The molecule has 0 spiro atoms. The zero-order valence-corrected chi connectivity index (χ0v) is 13.1. The molecule has 1 aromatic rings. The van der Waals surface area contributed by atoms with Crippen molar-refractivity contribution in [3.05, 3.63) is 28.1 Å². The number of carbonyl (C=O) groups excluding carboxylic acids is 1. The number of halogens is 2. The van der Waals surface area contributed by atoms with Crippen molar-refractivity contribution in [1.29, 1.82) is 0 Å². The zero-order chi connectivity index (χ0) is 13.9. The smallest absolute Gasteiger partial charge is 0.287 e. The Kier molecular flexibility index (Phi) is 4.92. The minimum Gasteiger partial charge on any atom is -0.344 e. The van der Waals surface area contributed by atoms with Crippen molar-refractivity contribution in [2.24, 2.45) is 7.05 Å². The van der Waals surface area contributed by atoms with Crippen molar-refractivity contribution in [3.63, 3.8) is 0 Å². The van der Waals surface area contributed by atoms with Crippen molar-refractivity contribution in [3.8, 4) is 0 Å². The van der Waals surface area contributed by atoms with E-state index in [0.29, 0.717) is 10.7 Å². The standard InChI is InChI=1S/C10H13Br2N3O3/c1-10(5-11,6-12)13-9(16)8-3-7(15(17)18)4-14(8)2/h3-4H,5-6H2,1-2H3,(H,13,16). The Hall–Kier alpha value is -0.890. The van der Waals surface area contributed by atoms with E-state index in [1.807, 2.05) is 6.92 Å². The van der Waals surface area contributed by atoms with Crippen LogP contribution in [-0.2, 0) is 7.05 Å². The fourth-order valence-corrected chi connectivity index (χ4v) is 2.52. The highest BCUT2D eigenvalue weighted by atomic mass is 79.9. The van der Waals surface area contributed by atoms with Crippen molar-refractivity contribution >= 4 is 43.5 Å². The van der Waals surface area contributed by atoms with E-state index in [-0.39, 0.29) is 17.3 Å². The molecule has 0 aliphatic carbocycles. The van der Waals surface area contributed by atoms with Crippen LogP contribution in [0.15, 0.2) is 12.3 Å². The number of rotatable bonds is 5. The quantitative estimate of drug-likeness (QED) is 0.481. The number of amides is 1. The molecule has 0 saturated heterocycles. The van der Waals surface area contributed by atoms with Crippen LogP contribution in [0.25, 0.3) is 0 Å². The molecule has 1 amide bonds. The summed E-state index contributed by atoms with van der Waals surface area (Å²) < 4.78 is 1.44. The van der Waals surface area contributed by atoms with Crippen LogP contribution in [0.5, 0.6) is 0 Å². The number of alkyl halides is 2. The average Bonchev–Trinajstić information content (AvgIpc) is 2.71. The average molecular weight is 383 g/mol. The summed E-state index contributed by atoms with van der Waals surface area (Å²) in [5.41, 5.74) is -0.285. The first-order valence-corrected chi connectivity index (χ1v) is 7.32. The molecule has 0 unspecified atom stereocenters. The van der Waals surface area contributed by atoms with E-state index in [0.717, 1.165) is 0 Å². The third-order valence-corrected chi connectivity index (χ3v) is 4.91. The number of aromatic nitrogens is 1. The topological polar surface area (TPSA) is 77.2 Å². The van der Waals surface area contributed by atoms with Gasteiger partial charge in [0.2, 0.25) is 0 Å². The van der Waals surface area contributed by atoms with Crippen molar-refractivity contribution in [1.82, 2.24) is 9.88 Å². The summed E-state index contributed by atoms with van der Waals surface area (Å²) in [6.45, 7) is 1.87. The second-order valence-corrected chi connectivity index (χ2v) is 5.36. The Labute approximate surface area is 121 Å². The van der Waals surface area contributed by atoms with Gasteiger partial charge in [-0.05, 0) is 6.92 Å². The van der Waals surface area contributed by atoms with Crippen LogP contribution < -0.4 is 5.32 Å². The van der Waals surface area contributed by atoms with Gasteiger partial charge < -0.3 is 9.88 Å². The minimum atomic E-state index is -0.523. The van der Waals surface area contributed by atoms with E-state index < -0.39 is 10.5 Å². The fraction of sp³-hybridized carbons (Fsp3) is 0.500. The predicted octanol–water partition coefficient (Wildman–Crippen LogP) is 2.21. The van der Waals surface area contributed by atoms with E-state index in [1.165, 1.54) is 16.8 Å². The Bertz CT molecular complexity index is 469. The molecule has 100 valence electrons. The largest absolute Gasteiger partial charge is 0.344 e. The number of carbonyl (C=O) groups is 1. The summed E-state index contributed by atoms with van der Waals surface area (Å²) in [6, 6.07) is 1.26. The molecular formula is C10H13Br2N3O3. The Morgan fingerprint density at radius 3 is 2.50 bits per heavy atom. The van der Waals surface area contributed by atoms with Crippen molar-refractivity contribution in [2.45, 2.75) is 12.5 Å². The normalized spacial score (nSPS) is 11.3. The summed E-state index contributed by atoms with van der Waals surface area (Å²) in [5, 5.41) is 14.6. The lowest BCUT2D eigenvalue weighted by atomic mass is 10.1. The van der Waals surface area contributed by atoms with Gasteiger partial charge in [-0.25, -0.2) is 0 Å². The third-order valence-electron chi connectivity index (χ3n) is 2.44. The first-order valence-electron chi connectivity index (χ1n) is 5.08. The molecule has 18 heavy (non-hydrogen) atoms. The molecular weight excluding hydrogens is 370 g/mol. The minimum absolute atomic E-state index is 0.0953. The summed E-state index contributed by atoms with van der Waals surface area (Å²) in [5.74, 6) is -0.341. The van der Waals surface area contributed by atoms with Gasteiger partial charge >= 0.3 is 0 Å². The van der Waals surface area contributed by atoms with E-state index in [1.54, 1.807) is 7.05 Å². The molecule has 0 atom stereocenters. The number of hydrogen-bond acceptors (Lipinski definition) is 3. The molecule has 0 aromatic carbocycles. The highest BCUT2D eigenvalue weighted by molar-refractivity contribution is 9.09. The van der Waals surface area contributed by atoms with Crippen LogP contribution in [0, 0.1) is 10.1 Å².